The standard InChI is InChI=1S/C128H129N5/c1-9-17-74-125(75-18-10-2)115-70-62-94(82-111(115)107-66-58-96(84-119(107)125)98-60-68-109-113-88-105(131(100-40-30-25-31-41-100)101-42-32-26-33-43-101)64-72-117(113)127(78-21-13-5,79-22-14-6)121(109)86-98)90-50-54-92(55-51-90)123-129-130-124(133(123)104-48-38-29-39-49-104)93-56-52-91(53-57-93)95-63-71-116-112(83-95)108-67-59-97(85-120(108)126(116,76-19-11-3)77-20-12-4)99-61-69-110-114-89-106(132(102-44-34-27-35-45-102)103-46-36-28-37-47-103)65-73-118(114)128(80-23-15-7,81-24-16-8)122(110)87-99/h25-73,82-89H,9-24,74-81H2,1-8H3. The number of fused-ring (bicyclic) bond motifs is 12. The van der Waals surface area contributed by atoms with E-state index in [1.807, 2.05) is 0 Å². The molecule has 16 aromatic rings. The average Bonchev–Trinajstić information content (AvgIpc) is 1.56. The molecule has 0 fully saturated rings. The van der Waals surface area contributed by atoms with E-state index in [0.717, 1.165) is 128 Å². The molecular weight excluding hydrogens is 1610 g/mol. The summed E-state index contributed by atoms with van der Waals surface area (Å²) >= 11 is 0. The molecule has 666 valence electrons. The first-order chi connectivity index (χ1) is 65.5. The lowest BCUT2D eigenvalue weighted by molar-refractivity contribution is 0.414. The molecule has 4 aliphatic rings. The van der Waals surface area contributed by atoms with Crippen molar-refractivity contribution in [2.24, 2.45) is 0 Å². The Kier molecular flexibility index (Phi) is 25.4. The van der Waals surface area contributed by atoms with Gasteiger partial charge in [-0.05, 0) is 306 Å². The third-order valence-corrected chi connectivity index (χ3v) is 30.9. The second-order valence-corrected chi connectivity index (χ2v) is 38.9. The maximum atomic E-state index is 5.10. The first-order valence-corrected chi connectivity index (χ1v) is 50.7. The SMILES string of the molecule is CCCCC1(CCCC)c2ccc(-c3ccc(-c4nnc(-c5ccc(-c6ccc7c(c6)-c6ccc(-c8ccc9c(c8)C(CCCC)(CCCC)c8ccc(N(c%10ccccc%10)c%10ccccc%10)cc8-9)cc6C7(CCCC)CCCC)cc5)n4-c4ccccc4)cc3)cc2-c2ccc(-c3ccc4c(c3)C(CCCC)(CCCC)c3ccc(N(c5ccccc5)c5ccccc5)cc3-4)cc21. The predicted octanol–water partition coefficient (Wildman–Crippen LogP) is 36.8. The quantitative estimate of drug-likeness (QED) is 0.0389. The van der Waals surface area contributed by atoms with Crippen molar-refractivity contribution in [1.29, 1.82) is 0 Å². The first kappa shape index (κ1) is 88.0. The number of benzene rings is 15. The minimum Gasteiger partial charge on any atom is -0.310 e. The van der Waals surface area contributed by atoms with E-state index in [1.165, 1.54) is 222 Å². The van der Waals surface area contributed by atoms with Crippen LogP contribution < -0.4 is 9.80 Å². The molecule has 4 aliphatic carbocycles. The Morgan fingerprint density at radius 3 is 0.669 bits per heavy atom. The number of nitrogens with zero attached hydrogens (tertiary/aromatic N) is 5. The largest absolute Gasteiger partial charge is 0.310 e. The van der Waals surface area contributed by atoms with Crippen LogP contribution in [0.1, 0.15) is 254 Å². The average molecular weight is 1740 g/mol. The van der Waals surface area contributed by atoms with Gasteiger partial charge in [-0.25, -0.2) is 0 Å². The summed E-state index contributed by atoms with van der Waals surface area (Å²) in [5, 5.41) is 10.2. The van der Waals surface area contributed by atoms with Gasteiger partial charge in [-0.15, -0.1) is 10.2 Å². The van der Waals surface area contributed by atoms with Crippen LogP contribution in [0.25, 0.3) is 117 Å². The van der Waals surface area contributed by atoms with E-state index in [2.05, 4.69) is 416 Å². The number of hydrogen-bond acceptors (Lipinski definition) is 4. The van der Waals surface area contributed by atoms with Crippen LogP contribution in [0.3, 0.4) is 0 Å². The number of unbranched alkanes of at least 4 members (excludes halogenated alkanes) is 8. The first-order valence-electron chi connectivity index (χ1n) is 50.7. The highest BCUT2D eigenvalue weighted by Gasteiger charge is 2.48. The summed E-state index contributed by atoms with van der Waals surface area (Å²) in [5.41, 5.74) is 42.9. The monoisotopic (exact) mass is 1740 g/mol. The molecule has 0 unspecified atom stereocenters. The van der Waals surface area contributed by atoms with Crippen molar-refractivity contribution < 1.29 is 0 Å². The van der Waals surface area contributed by atoms with Gasteiger partial charge in [0.1, 0.15) is 0 Å². The molecule has 0 saturated carbocycles. The van der Waals surface area contributed by atoms with Crippen LogP contribution in [0.2, 0.25) is 0 Å². The molecule has 0 N–H and O–H groups in total. The highest BCUT2D eigenvalue weighted by atomic mass is 15.3. The number of aromatic nitrogens is 3. The molecule has 0 amide bonds. The Morgan fingerprint density at radius 2 is 0.406 bits per heavy atom. The smallest absolute Gasteiger partial charge is 0.168 e. The van der Waals surface area contributed by atoms with Crippen molar-refractivity contribution in [3.05, 3.63) is 390 Å². The molecule has 20 rings (SSSR count). The summed E-state index contributed by atoms with van der Waals surface area (Å²) in [7, 11) is 0. The van der Waals surface area contributed by atoms with Crippen molar-refractivity contribution in [1.82, 2.24) is 14.8 Å². The third kappa shape index (κ3) is 15.9. The number of hydrogen-bond donors (Lipinski definition) is 0. The van der Waals surface area contributed by atoms with Gasteiger partial charge in [0.25, 0.3) is 0 Å². The molecule has 1 heterocycles. The van der Waals surface area contributed by atoms with Crippen LogP contribution in [0.15, 0.2) is 346 Å². The molecule has 0 bridgehead atoms. The van der Waals surface area contributed by atoms with Crippen LogP contribution in [-0.2, 0) is 21.7 Å². The van der Waals surface area contributed by atoms with Crippen molar-refractivity contribution in [3.8, 4) is 117 Å². The summed E-state index contributed by atoms with van der Waals surface area (Å²) in [4.78, 5) is 4.86. The molecule has 0 saturated heterocycles. The van der Waals surface area contributed by atoms with Gasteiger partial charge in [0.2, 0.25) is 0 Å². The second kappa shape index (κ2) is 38.3. The van der Waals surface area contributed by atoms with Gasteiger partial charge in [-0.1, -0.05) is 383 Å². The maximum Gasteiger partial charge on any atom is 0.168 e. The van der Waals surface area contributed by atoms with Gasteiger partial charge in [0.05, 0.1) is 0 Å². The zero-order valence-corrected chi connectivity index (χ0v) is 79.6. The minimum absolute atomic E-state index is 0.0755. The predicted molar refractivity (Wildman–Crippen MR) is 564 cm³/mol. The fraction of sp³-hybridized carbons (Fsp3) is 0.281. The van der Waals surface area contributed by atoms with E-state index in [4.69, 9.17) is 10.2 Å². The van der Waals surface area contributed by atoms with Crippen molar-refractivity contribution in [2.75, 3.05) is 9.80 Å². The molecule has 1 aromatic heterocycles. The molecule has 5 nitrogen and oxygen atoms in total. The van der Waals surface area contributed by atoms with E-state index in [9.17, 15) is 0 Å². The van der Waals surface area contributed by atoms with Gasteiger partial charge in [0, 0.05) is 72.6 Å². The van der Waals surface area contributed by atoms with Gasteiger partial charge in [-0.3, -0.25) is 4.57 Å². The van der Waals surface area contributed by atoms with Crippen LogP contribution in [0.4, 0.5) is 34.1 Å². The molecule has 0 spiro atoms. The zero-order valence-electron chi connectivity index (χ0n) is 79.6. The highest BCUT2D eigenvalue weighted by Crippen LogP contribution is 2.62. The Hall–Kier alpha value is -13.0. The van der Waals surface area contributed by atoms with E-state index in [1.54, 1.807) is 0 Å². The molecule has 0 aliphatic heterocycles. The summed E-state index contributed by atoms with van der Waals surface area (Å²) in [6.45, 7) is 19.0. The van der Waals surface area contributed by atoms with Crippen LogP contribution >= 0.6 is 0 Å². The van der Waals surface area contributed by atoms with Crippen LogP contribution in [-0.4, -0.2) is 14.8 Å². The number of rotatable bonds is 37. The fourth-order valence-electron chi connectivity index (χ4n) is 24.1. The summed E-state index contributed by atoms with van der Waals surface area (Å²) in [6.07, 6.45) is 27.8. The maximum absolute atomic E-state index is 5.10. The summed E-state index contributed by atoms with van der Waals surface area (Å²) in [5.74, 6) is 1.62. The lowest BCUT2D eigenvalue weighted by Gasteiger charge is -2.34. The Bertz CT molecular complexity index is 6300. The number of para-hydroxylation sites is 5. The summed E-state index contributed by atoms with van der Waals surface area (Å²) < 4.78 is 2.25. The summed E-state index contributed by atoms with van der Waals surface area (Å²) in [6, 6.07) is 133. The highest BCUT2D eigenvalue weighted by molar-refractivity contribution is 5.94. The number of anilines is 6. The van der Waals surface area contributed by atoms with E-state index < -0.39 is 0 Å². The van der Waals surface area contributed by atoms with Crippen molar-refractivity contribution in [3.63, 3.8) is 0 Å². The van der Waals surface area contributed by atoms with Gasteiger partial charge in [-0.2, -0.15) is 0 Å². The van der Waals surface area contributed by atoms with Gasteiger partial charge >= 0.3 is 0 Å². The molecule has 0 radical (unpaired) electrons. The van der Waals surface area contributed by atoms with E-state index >= 15 is 0 Å². The second-order valence-electron chi connectivity index (χ2n) is 38.9. The van der Waals surface area contributed by atoms with Gasteiger partial charge < -0.3 is 9.80 Å². The van der Waals surface area contributed by atoms with E-state index in [-0.39, 0.29) is 21.7 Å². The van der Waals surface area contributed by atoms with Crippen LogP contribution in [0.5, 0.6) is 0 Å². The normalized spacial score (nSPS) is 13.9. The Labute approximate surface area is 792 Å². The molecule has 133 heavy (non-hydrogen) atoms. The zero-order chi connectivity index (χ0) is 90.6. The van der Waals surface area contributed by atoms with Crippen molar-refractivity contribution in [2.45, 2.75) is 231 Å². The van der Waals surface area contributed by atoms with Gasteiger partial charge in [0.15, 0.2) is 11.6 Å². The Balaban J connectivity index is 0.606. The lowest BCUT2D eigenvalue weighted by atomic mass is 9.70. The molecule has 5 heteroatoms. The molecule has 0 atom stereocenters. The fourth-order valence-corrected chi connectivity index (χ4v) is 24.1. The van der Waals surface area contributed by atoms with Crippen molar-refractivity contribution >= 4 is 34.1 Å². The third-order valence-electron chi connectivity index (χ3n) is 30.9. The topological polar surface area (TPSA) is 37.2 Å². The Morgan fingerprint density at radius 1 is 0.188 bits per heavy atom. The minimum atomic E-state index is -0.0927. The van der Waals surface area contributed by atoms with E-state index in [0.29, 0.717) is 0 Å². The molecule has 15 aromatic carbocycles. The molecular formula is C128H129N5. The lowest BCUT2D eigenvalue weighted by Crippen LogP contribution is -2.26. The van der Waals surface area contributed by atoms with Crippen LogP contribution in [0, 0.1) is 0 Å².